The van der Waals surface area contributed by atoms with Crippen molar-refractivity contribution in [3.05, 3.63) is 59.2 Å². The third-order valence-electron chi connectivity index (χ3n) is 7.87. The van der Waals surface area contributed by atoms with Crippen LogP contribution in [-0.4, -0.2) is 95.6 Å². The molecule has 3 rings (SSSR count). The van der Waals surface area contributed by atoms with Gasteiger partial charge < -0.3 is 35.2 Å². The zero-order chi connectivity index (χ0) is 33.1. The first-order valence-corrected chi connectivity index (χ1v) is 15.8. The highest BCUT2D eigenvalue weighted by Gasteiger charge is 2.30. The number of carbonyl (C=O) groups excluding carboxylic acids is 2. The van der Waals surface area contributed by atoms with Crippen LogP contribution in [0.1, 0.15) is 80.2 Å². The molecule has 0 bridgehead atoms. The van der Waals surface area contributed by atoms with Crippen molar-refractivity contribution in [3.8, 4) is 5.75 Å². The highest BCUT2D eigenvalue weighted by Crippen LogP contribution is 2.28. The van der Waals surface area contributed by atoms with Crippen LogP contribution in [0.4, 0.5) is 10.5 Å². The average Bonchev–Trinajstić information content (AvgIpc) is 2.98. The Balaban J connectivity index is 1.88. The smallest absolute Gasteiger partial charge is 0.335 e. The number of aromatic carboxylic acids is 1. The molecule has 2 aromatic carbocycles. The van der Waals surface area contributed by atoms with Gasteiger partial charge in [0, 0.05) is 43.9 Å². The number of amides is 3. The predicted molar refractivity (Wildman–Crippen MR) is 174 cm³/mol. The summed E-state index contributed by atoms with van der Waals surface area (Å²) in [6, 6.07) is 11.0. The summed E-state index contributed by atoms with van der Waals surface area (Å²) in [5.74, 6) is -0.922. The molecule has 0 saturated carbocycles. The molecule has 0 saturated heterocycles. The maximum Gasteiger partial charge on any atom is 0.335 e. The van der Waals surface area contributed by atoms with E-state index in [1.54, 1.807) is 42.2 Å². The van der Waals surface area contributed by atoms with E-state index >= 15 is 0 Å². The Bertz CT molecular complexity index is 1270. The standard InChI is InChI=1S/C34H50N4O7/c1-22(2)35-34(43)36-28-14-15-30-29(17-28)32(40)38(24(4)21-39)18-23(3)31(44-16-8-7-9-25(5)45-30)20-37(6)19-26-10-12-27(13-11-26)33(41)42/h10-15,17,22-25,31,39H,7-9,16,18-21H2,1-6H3,(H,41,42)(H2,35,36,43)/t23-,24+,25-,31+/m0/s1. The maximum atomic E-state index is 14.2. The molecule has 0 aromatic heterocycles. The number of benzene rings is 2. The van der Waals surface area contributed by atoms with Gasteiger partial charge in [0.05, 0.1) is 36.0 Å². The van der Waals surface area contributed by atoms with Crippen LogP contribution in [0.3, 0.4) is 0 Å². The van der Waals surface area contributed by atoms with Gasteiger partial charge in [-0.05, 0) is 89.9 Å². The Kier molecular flexibility index (Phi) is 13.6. The minimum atomic E-state index is -0.958. The predicted octanol–water partition coefficient (Wildman–Crippen LogP) is 4.84. The van der Waals surface area contributed by atoms with Gasteiger partial charge in [0.1, 0.15) is 5.75 Å². The summed E-state index contributed by atoms with van der Waals surface area (Å²) < 4.78 is 12.7. The lowest BCUT2D eigenvalue weighted by molar-refractivity contribution is -0.0177. The summed E-state index contributed by atoms with van der Waals surface area (Å²) in [6.45, 7) is 11.4. The van der Waals surface area contributed by atoms with E-state index in [2.05, 4.69) is 15.5 Å². The molecule has 4 atom stereocenters. The van der Waals surface area contributed by atoms with E-state index in [1.165, 1.54) is 0 Å². The summed E-state index contributed by atoms with van der Waals surface area (Å²) in [4.78, 5) is 41.7. The van der Waals surface area contributed by atoms with E-state index in [-0.39, 0.29) is 48.3 Å². The molecule has 1 aliphatic heterocycles. The first kappa shape index (κ1) is 35.8. The minimum absolute atomic E-state index is 0.0535. The zero-order valence-electron chi connectivity index (χ0n) is 27.4. The van der Waals surface area contributed by atoms with Crippen LogP contribution >= 0.6 is 0 Å². The van der Waals surface area contributed by atoms with Crippen molar-refractivity contribution in [2.45, 2.75) is 84.7 Å². The van der Waals surface area contributed by atoms with Crippen LogP contribution in [-0.2, 0) is 11.3 Å². The Morgan fingerprint density at radius 2 is 1.80 bits per heavy atom. The zero-order valence-corrected chi connectivity index (χ0v) is 27.4. The molecule has 2 aromatic rings. The van der Waals surface area contributed by atoms with Gasteiger partial charge in [-0.25, -0.2) is 9.59 Å². The number of hydrogen-bond acceptors (Lipinski definition) is 7. The maximum absolute atomic E-state index is 14.2. The SMILES string of the molecule is CC(C)NC(=O)Nc1ccc2c(c1)C(=O)N([C@H](C)CO)C[C@H](C)[C@@H](CN(C)Cc1ccc(C(=O)O)cc1)OCCCC[C@H](C)O2. The first-order chi connectivity index (χ1) is 21.4. The van der Waals surface area contributed by atoms with Gasteiger partial charge in [-0.3, -0.25) is 9.69 Å². The Hall–Kier alpha value is -3.67. The largest absolute Gasteiger partial charge is 0.490 e. The number of nitrogens with one attached hydrogen (secondary N) is 2. The molecule has 0 fully saturated rings. The molecule has 0 unspecified atom stereocenters. The van der Waals surface area contributed by atoms with Gasteiger partial charge in [0.25, 0.3) is 5.91 Å². The number of anilines is 1. The molecule has 1 aliphatic rings. The van der Waals surface area contributed by atoms with Crippen molar-refractivity contribution < 1.29 is 34.1 Å². The van der Waals surface area contributed by atoms with Crippen LogP contribution in [0.15, 0.2) is 42.5 Å². The molecule has 45 heavy (non-hydrogen) atoms. The number of carboxylic acids is 1. The van der Waals surface area contributed by atoms with Crippen LogP contribution in [0, 0.1) is 5.92 Å². The summed E-state index contributed by atoms with van der Waals surface area (Å²) in [7, 11) is 1.99. The fourth-order valence-electron chi connectivity index (χ4n) is 5.33. The number of likely N-dealkylation sites (N-methyl/N-ethyl adjacent to an activating group) is 1. The second-order valence-electron chi connectivity index (χ2n) is 12.5. The summed E-state index contributed by atoms with van der Waals surface area (Å²) in [6.07, 6.45) is 2.16. The van der Waals surface area contributed by atoms with Crippen molar-refractivity contribution in [1.82, 2.24) is 15.1 Å². The average molecular weight is 627 g/mol. The van der Waals surface area contributed by atoms with Gasteiger partial charge in [0.2, 0.25) is 0 Å². The Labute approximate surface area is 266 Å². The van der Waals surface area contributed by atoms with E-state index < -0.39 is 12.0 Å². The van der Waals surface area contributed by atoms with Gasteiger partial charge in [-0.1, -0.05) is 19.1 Å². The summed E-state index contributed by atoms with van der Waals surface area (Å²) in [5.41, 5.74) is 2.00. The quantitative estimate of drug-likeness (QED) is 0.310. The number of rotatable bonds is 9. The number of carbonyl (C=O) groups is 3. The number of urea groups is 1. The molecular weight excluding hydrogens is 576 g/mol. The normalized spacial score (nSPS) is 20.6. The highest BCUT2D eigenvalue weighted by molar-refractivity contribution is 5.99. The second kappa shape index (κ2) is 17.1. The molecular formula is C34H50N4O7. The lowest BCUT2D eigenvalue weighted by Gasteiger charge is -2.36. The monoisotopic (exact) mass is 626 g/mol. The number of nitrogens with zero attached hydrogens (tertiary/aromatic N) is 2. The number of carboxylic acid groups (broad SMARTS) is 1. The minimum Gasteiger partial charge on any atom is -0.490 e. The molecule has 11 nitrogen and oxygen atoms in total. The van der Waals surface area contributed by atoms with Crippen molar-refractivity contribution in [1.29, 1.82) is 0 Å². The summed E-state index contributed by atoms with van der Waals surface area (Å²) >= 11 is 0. The number of ether oxygens (including phenoxy) is 2. The van der Waals surface area contributed by atoms with Gasteiger partial charge >= 0.3 is 12.0 Å². The number of fused-ring (bicyclic) bond motifs is 1. The lowest BCUT2D eigenvalue weighted by atomic mass is 10.0. The molecule has 0 aliphatic carbocycles. The third-order valence-corrected chi connectivity index (χ3v) is 7.87. The molecule has 0 radical (unpaired) electrons. The molecule has 3 amide bonds. The Morgan fingerprint density at radius 1 is 1.09 bits per heavy atom. The molecule has 11 heteroatoms. The molecule has 4 N–H and O–H groups in total. The third kappa shape index (κ3) is 11.0. The molecule has 0 spiro atoms. The van der Waals surface area contributed by atoms with Crippen molar-refractivity contribution >= 4 is 23.6 Å². The lowest BCUT2D eigenvalue weighted by Crippen LogP contribution is -2.47. The van der Waals surface area contributed by atoms with Crippen LogP contribution in [0.2, 0.25) is 0 Å². The van der Waals surface area contributed by atoms with Crippen molar-refractivity contribution in [2.75, 3.05) is 38.7 Å². The first-order valence-electron chi connectivity index (χ1n) is 15.8. The summed E-state index contributed by atoms with van der Waals surface area (Å²) in [5, 5.41) is 25.0. The second-order valence-corrected chi connectivity index (χ2v) is 12.5. The highest BCUT2D eigenvalue weighted by atomic mass is 16.5. The van der Waals surface area contributed by atoms with E-state index in [4.69, 9.17) is 9.47 Å². The molecule has 248 valence electrons. The number of aliphatic hydroxyl groups is 1. The van der Waals surface area contributed by atoms with E-state index in [1.807, 2.05) is 46.9 Å². The number of hydrogen-bond donors (Lipinski definition) is 4. The topological polar surface area (TPSA) is 141 Å². The molecule has 1 heterocycles. The van der Waals surface area contributed by atoms with E-state index in [0.29, 0.717) is 43.2 Å². The van der Waals surface area contributed by atoms with Crippen LogP contribution in [0.5, 0.6) is 5.75 Å². The fourth-order valence-corrected chi connectivity index (χ4v) is 5.33. The Morgan fingerprint density at radius 3 is 2.44 bits per heavy atom. The van der Waals surface area contributed by atoms with E-state index in [0.717, 1.165) is 24.8 Å². The van der Waals surface area contributed by atoms with Crippen molar-refractivity contribution in [2.24, 2.45) is 5.92 Å². The van der Waals surface area contributed by atoms with Crippen LogP contribution < -0.4 is 15.4 Å². The number of aliphatic hydroxyl groups excluding tert-OH is 1. The van der Waals surface area contributed by atoms with Gasteiger partial charge in [0.15, 0.2) is 0 Å². The van der Waals surface area contributed by atoms with Gasteiger partial charge in [-0.2, -0.15) is 0 Å². The fraction of sp³-hybridized carbons (Fsp3) is 0.559. The van der Waals surface area contributed by atoms with Crippen LogP contribution in [0.25, 0.3) is 0 Å². The van der Waals surface area contributed by atoms with Crippen molar-refractivity contribution in [3.63, 3.8) is 0 Å². The van der Waals surface area contributed by atoms with Gasteiger partial charge in [-0.15, -0.1) is 0 Å². The van der Waals surface area contributed by atoms with E-state index in [9.17, 15) is 24.6 Å².